The predicted octanol–water partition coefficient (Wildman–Crippen LogP) is 5.41. The van der Waals surface area contributed by atoms with Crippen LogP contribution in [0.2, 0.25) is 5.02 Å². The van der Waals surface area contributed by atoms with Gasteiger partial charge in [0.15, 0.2) is 0 Å². The van der Waals surface area contributed by atoms with E-state index in [-0.39, 0.29) is 23.8 Å². The van der Waals surface area contributed by atoms with E-state index in [2.05, 4.69) is 17.3 Å². The van der Waals surface area contributed by atoms with E-state index in [1.165, 1.54) is 4.90 Å². The van der Waals surface area contributed by atoms with Gasteiger partial charge in [-0.05, 0) is 25.5 Å². The minimum atomic E-state index is -0.685. The summed E-state index contributed by atoms with van der Waals surface area (Å²) in [4.78, 5) is 26.9. The number of nitrogens with one attached hydrogen (secondary N) is 1. The minimum absolute atomic E-state index is 0.0713. The number of halogens is 2. The Labute approximate surface area is 194 Å². The first-order chi connectivity index (χ1) is 14.5. The van der Waals surface area contributed by atoms with Crippen molar-refractivity contribution in [2.24, 2.45) is 0 Å². The molecule has 1 unspecified atom stereocenters. The van der Waals surface area contributed by atoms with Gasteiger partial charge < -0.3 is 10.2 Å². The maximum atomic E-state index is 12.9. The van der Waals surface area contributed by atoms with Gasteiger partial charge in [-0.25, -0.2) is 4.68 Å². The van der Waals surface area contributed by atoms with Gasteiger partial charge in [0, 0.05) is 18.0 Å². The Kier molecular flexibility index (Phi) is 8.95. The van der Waals surface area contributed by atoms with Gasteiger partial charge in [-0.2, -0.15) is 5.10 Å². The number of benzene rings is 1. The van der Waals surface area contributed by atoms with Gasteiger partial charge in [-0.15, -0.1) is 11.6 Å². The number of aromatic nitrogens is 2. The summed E-state index contributed by atoms with van der Waals surface area (Å²) in [6, 6.07) is 9.16. The first kappa shape index (κ1) is 25.2. The van der Waals surface area contributed by atoms with Crippen LogP contribution in [0.15, 0.2) is 30.3 Å². The number of hydrogen-bond acceptors (Lipinski definition) is 3. The molecular weight excluding hydrogens is 435 g/mol. The molecule has 1 N–H and O–H groups in total. The molecule has 1 atom stereocenters. The maximum absolute atomic E-state index is 12.9. The van der Waals surface area contributed by atoms with Crippen LogP contribution in [0.1, 0.15) is 59.6 Å². The molecule has 0 aliphatic carbocycles. The Hall–Kier alpha value is -2.05. The van der Waals surface area contributed by atoms with Crippen LogP contribution in [0.25, 0.3) is 5.69 Å². The van der Waals surface area contributed by atoms with E-state index in [0.717, 1.165) is 25.0 Å². The highest BCUT2D eigenvalue weighted by atomic mass is 35.5. The second-order valence-corrected chi connectivity index (χ2v) is 9.72. The molecule has 0 bridgehead atoms. The Morgan fingerprint density at radius 2 is 1.90 bits per heavy atom. The monoisotopic (exact) mass is 466 g/mol. The molecule has 0 spiro atoms. The van der Waals surface area contributed by atoms with Crippen molar-refractivity contribution in [3.63, 3.8) is 0 Å². The van der Waals surface area contributed by atoms with Gasteiger partial charge in [0.2, 0.25) is 11.8 Å². The van der Waals surface area contributed by atoms with Crippen LogP contribution in [0, 0.1) is 0 Å². The highest BCUT2D eigenvalue weighted by molar-refractivity contribution is 6.32. The number of alkyl halides is 1. The third kappa shape index (κ3) is 6.97. The fourth-order valence-corrected chi connectivity index (χ4v) is 3.42. The van der Waals surface area contributed by atoms with Crippen molar-refractivity contribution >= 4 is 40.8 Å². The molecule has 170 valence electrons. The summed E-state index contributed by atoms with van der Waals surface area (Å²) in [6.45, 7) is 10.3. The first-order valence-electron chi connectivity index (χ1n) is 10.6. The van der Waals surface area contributed by atoms with Crippen molar-refractivity contribution in [1.29, 1.82) is 0 Å². The third-order valence-electron chi connectivity index (χ3n) is 4.84. The summed E-state index contributed by atoms with van der Waals surface area (Å²) >= 11 is 12.4. The number of unbranched alkanes of at least 4 members (excludes halogenated alkanes) is 2. The van der Waals surface area contributed by atoms with Crippen LogP contribution in [-0.2, 0) is 15.0 Å². The fourth-order valence-electron chi connectivity index (χ4n) is 3.07. The number of carbonyl (C=O) groups excluding carboxylic acids is 2. The van der Waals surface area contributed by atoms with Crippen LogP contribution in [0.3, 0.4) is 0 Å². The summed E-state index contributed by atoms with van der Waals surface area (Å²) in [6.07, 6.45) is 2.83. The molecule has 2 rings (SSSR count). The van der Waals surface area contributed by atoms with E-state index in [0.29, 0.717) is 23.1 Å². The number of para-hydroxylation sites is 1. The van der Waals surface area contributed by atoms with Crippen molar-refractivity contribution in [2.45, 2.75) is 64.7 Å². The number of nitrogens with zero attached hydrogens (tertiary/aromatic N) is 3. The van der Waals surface area contributed by atoms with Crippen LogP contribution in [0.5, 0.6) is 0 Å². The van der Waals surface area contributed by atoms with Crippen LogP contribution >= 0.6 is 23.2 Å². The fraction of sp³-hybridized carbons (Fsp3) is 0.522. The van der Waals surface area contributed by atoms with Gasteiger partial charge in [-0.3, -0.25) is 9.59 Å². The smallest absolute Gasteiger partial charge is 0.245 e. The molecule has 8 heteroatoms. The molecule has 2 amide bonds. The molecule has 0 saturated heterocycles. The highest BCUT2D eigenvalue weighted by Crippen LogP contribution is 2.29. The number of anilines is 1. The Bertz CT molecular complexity index is 903. The SMILES string of the molecule is CCCCCN(CC(=O)Nc1cc(C(C)(C)C)nn1-c1ccccc1Cl)C(=O)C(C)Cl. The molecule has 2 aromatic rings. The lowest BCUT2D eigenvalue weighted by Crippen LogP contribution is -2.41. The van der Waals surface area contributed by atoms with Gasteiger partial charge in [0.1, 0.15) is 11.2 Å². The maximum Gasteiger partial charge on any atom is 0.245 e. The van der Waals surface area contributed by atoms with Crippen LogP contribution in [-0.4, -0.2) is 45.0 Å². The second-order valence-electron chi connectivity index (χ2n) is 8.66. The Balaban J connectivity index is 2.29. The highest BCUT2D eigenvalue weighted by Gasteiger charge is 2.24. The molecule has 1 aromatic heterocycles. The molecular formula is C23H32Cl2N4O2. The quantitative estimate of drug-likeness (QED) is 0.396. The first-order valence-corrected chi connectivity index (χ1v) is 11.4. The standard InChI is InChI=1S/C23H32Cl2N4O2/c1-6-7-10-13-28(22(31)16(2)24)15-21(30)26-20-14-19(23(3,4)5)27-29(20)18-12-9-8-11-17(18)25/h8-9,11-12,14,16H,6-7,10,13,15H2,1-5H3,(H,26,30). The zero-order chi connectivity index (χ0) is 23.2. The number of hydrogen-bond donors (Lipinski definition) is 1. The zero-order valence-corrected chi connectivity index (χ0v) is 20.4. The van der Waals surface area contributed by atoms with E-state index >= 15 is 0 Å². The van der Waals surface area contributed by atoms with E-state index in [1.54, 1.807) is 17.7 Å². The Morgan fingerprint density at radius 1 is 1.23 bits per heavy atom. The number of rotatable bonds is 9. The zero-order valence-electron chi connectivity index (χ0n) is 18.9. The van der Waals surface area contributed by atoms with Gasteiger partial charge >= 0.3 is 0 Å². The van der Waals surface area contributed by atoms with Gasteiger partial charge in [0.05, 0.1) is 22.9 Å². The lowest BCUT2D eigenvalue weighted by atomic mass is 9.92. The molecule has 31 heavy (non-hydrogen) atoms. The summed E-state index contributed by atoms with van der Waals surface area (Å²) in [5.74, 6) is -0.0540. The molecule has 0 saturated carbocycles. The molecule has 0 aliphatic heterocycles. The summed E-state index contributed by atoms with van der Waals surface area (Å²) in [7, 11) is 0. The van der Waals surface area contributed by atoms with E-state index < -0.39 is 5.38 Å². The van der Waals surface area contributed by atoms with Crippen LogP contribution in [0.4, 0.5) is 5.82 Å². The van der Waals surface area contributed by atoms with Crippen molar-refractivity contribution < 1.29 is 9.59 Å². The topological polar surface area (TPSA) is 67.2 Å². The normalized spacial score (nSPS) is 12.5. The van der Waals surface area contributed by atoms with Gasteiger partial charge in [-0.1, -0.05) is 64.3 Å². The van der Waals surface area contributed by atoms with Gasteiger partial charge in [0.25, 0.3) is 0 Å². The molecule has 1 aromatic carbocycles. The predicted molar refractivity (Wildman–Crippen MR) is 127 cm³/mol. The number of amides is 2. The molecule has 0 radical (unpaired) electrons. The summed E-state index contributed by atoms with van der Waals surface area (Å²) < 4.78 is 1.63. The van der Waals surface area contributed by atoms with E-state index in [4.69, 9.17) is 23.2 Å². The van der Waals surface area contributed by atoms with E-state index in [1.807, 2.05) is 45.0 Å². The average molecular weight is 467 g/mol. The minimum Gasteiger partial charge on any atom is -0.332 e. The summed E-state index contributed by atoms with van der Waals surface area (Å²) in [5.41, 5.74) is 1.26. The Morgan fingerprint density at radius 3 is 2.48 bits per heavy atom. The van der Waals surface area contributed by atoms with Crippen LogP contribution < -0.4 is 5.32 Å². The van der Waals surface area contributed by atoms with Crippen molar-refractivity contribution in [3.05, 3.63) is 41.0 Å². The molecule has 6 nitrogen and oxygen atoms in total. The lowest BCUT2D eigenvalue weighted by Gasteiger charge is -2.23. The third-order valence-corrected chi connectivity index (χ3v) is 5.35. The van der Waals surface area contributed by atoms with Crippen molar-refractivity contribution in [1.82, 2.24) is 14.7 Å². The number of carbonyl (C=O) groups is 2. The largest absolute Gasteiger partial charge is 0.332 e. The van der Waals surface area contributed by atoms with E-state index in [9.17, 15) is 9.59 Å². The lowest BCUT2D eigenvalue weighted by molar-refractivity contribution is -0.134. The molecule has 0 aliphatic rings. The molecule has 0 fully saturated rings. The van der Waals surface area contributed by atoms with Crippen molar-refractivity contribution in [2.75, 3.05) is 18.4 Å². The second kappa shape index (κ2) is 11.0. The van der Waals surface area contributed by atoms with Crippen molar-refractivity contribution in [3.8, 4) is 5.69 Å². The molecule has 1 heterocycles. The average Bonchev–Trinajstić information content (AvgIpc) is 3.11. The summed E-state index contributed by atoms with van der Waals surface area (Å²) in [5, 5.41) is 7.43.